The third-order valence-corrected chi connectivity index (χ3v) is 6.30. The molecule has 0 aromatic heterocycles. The number of sulfonamides is 1. The van der Waals surface area contributed by atoms with Gasteiger partial charge in [0.2, 0.25) is 15.9 Å². The van der Waals surface area contributed by atoms with E-state index in [0.29, 0.717) is 26.1 Å². The summed E-state index contributed by atoms with van der Waals surface area (Å²) in [5.41, 5.74) is 4.49. The highest BCUT2D eigenvalue weighted by Crippen LogP contribution is 2.48. The monoisotopic (exact) mass is 319 g/mol. The van der Waals surface area contributed by atoms with Crippen molar-refractivity contribution in [2.75, 3.05) is 39.0 Å². The summed E-state index contributed by atoms with van der Waals surface area (Å²) in [6.07, 6.45) is 3.32. The first-order valence-corrected chi connectivity index (χ1v) is 9.07. The lowest BCUT2D eigenvalue weighted by molar-refractivity contribution is -0.131. The summed E-state index contributed by atoms with van der Waals surface area (Å²) in [4.78, 5) is 13.4. The topological polar surface area (TPSA) is 104 Å². The molecule has 21 heavy (non-hydrogen) atoms. The van der Waals surface area contributed by atoms with E-state index < -0.39 is 15.6 Å². The molecule has 2 saturated heterocycles. The van der Waals surface area contributed by atoms with Crippen molar-refractivity contribution in [3.05, 3.63) is 0 Å². The summed E-state index contributed by atoms with van der Waals surface area (Å²) in [7, 11) is -3.36. The Morgan fingerprint density at radius 2 is 1.90 bits per heavy atom. The summed E-state index contributed by atoms with van der Waals surface area (Å²) in [6.45, 7) is 3.25. The Morgan fingerprint density at radius 1 is 1.33 bits per heavy atom. The van der Waals surface area contributed by atoms with E-state index in [1.807, 2.05) is 0 Å². The molecule has 0 bridgehead atoms. The highest BCUT2D eigenvalue weighted by atomic mass is 32.2. The van der Waals surface area contributed by atoms with Crippen LogP contribution in [0.5, 0.6) is 0 Å². The van der Waals surface area contributed by atoms with Gasteiger partial charge in [-0.15, -0.1) is 0 Å². The molecule has 1 atom stereocenters. The molecule has 8 heteroatoms. The van der Waals surface area contributed by atoms with Crippen LogP contribution in [0.4, 0.5) is 0 Å². The van der Waals surface area contributed by atoms with Gasteiger partial charge in [-0.1, -0.05) is 0 Å². The maximum atomic E-state index is 12.0. The van der Waals surface area contributed by atoms with Crippen LogP contribution in [0.15, 0.2) is 0 Å². The molecule has 0 aromatic carbocycles. The first-order chi connectivity index (χ1) is 9.66. The van der Waals surface area contributed by atoms with Gasteiger partial charge in [0.15, 0.2) is 0 Å². The van der Waals surface area contributed by atoms with E-state index >= 15 is 0 Å². The van der Waals surface area contributed by atoms with Crippen LogP contribution in [-0.2, 0) is 14.8 Å². The zero-order valence-electron chi connectivity index (χ0n) is 12.7. The number of carbonyl (C=O) groups excluding carboxylic acids is 1. The predicted molar refractivity (Wildman–Crippen MR) is 79.0 cm³/mol. The molecule has 2 heterocycles. The van der Waals surface area contributed by atoms with E-state index in [1.165, 1.54) is 10.6 Å². The van der Waals surface area contributed by atoms with Gasteiger partial charge in [-0.05, 0) is 31.6 Å². The lowest BCUT2D eigenvalue weighted by Crippen LogP contribution is -2.47. The van der Waals surface area contributed by atoms with Crippen LogP contribution in [0.25, 0.3) is 0 Å². The Hall–Kier alpha value is -0.700. The molecule has 1 unspecified atom stereocenters. The van der Waals surface area contributed by atoms with E-state index in [9.17, 15) is 18.3 Å². The SMILES string of the molecule is CC1(CO)CC2(CCN(C(=O)CN)CC2)CN1S(C)(=O)=O. The minimum atomic E-state index is -3.36. The van der Waals surface area contributed by atoms with Gasteiger partial charge >= 0.3 is 0 Å². The van der Waals surface area contributed by atoms with E-state index in [2.05, 4.69) is 0 Å². The Morgan fingerprint density at radius 3 is 2.29 bits per heavy atom. The molecule has 7 nitrogen and oxygen atoms in total. The molecule has 2 aliphatic heterocycles. The molecular formula is C13H25N3O4S. The largest absolute Gasteiger partial charge is 0.394 e. The van der Waals surface area contributed by atoms with Gasteiger partial charge in [0.25, 0.3) is 0 Å². The average molecular weight is 319 g/mol. The Bertz CT molecular complexity index is 514. The van der Waals surface area contributed by atoms with Crippen LogP contribution in [0.2, 0.25) is 0 Å². The van der Waals surface area contributed by atoms with Gasteiger partial charge in [-0.2, -0.15) is 4.31 Å². The lowest BCUT2D eigenvalue weighted by Gasteiger charge is -2.39. The van der Waals surface area contributed by atoms with Gasteiger partial charge in [0.05, 0.1) is 24.9 Å². The number of nitrogens with two attached hydrogens (primary N) is 1. The fourth-order valence-electron chi connectivity index (χ4n) is 3.79. The fourth-order valence-corrected chi connectivity index (χ4v) is 5.23. The molecule has 3 N–H and O–H groups in total. The number of aliphatic hydroxyl groups excluding tert-OH is 1. The van der Waals surface area contributed by atoms with Gasteiger partial charge in [-0.3, -0.25) is 4.79 Å². The summed E-state index contributed by atoms with van der Waals surface area (Å²) in [5.74, 6) is -0.0623. The van der Waals surface area contributed by atoms with Gasteiger partial charge in [-0.25, -0.2) is 8.42 Å². The Balaban J connectivity index is 2.15. The molecule has 1 spiro atoms. The number of aliphatic hydroxyl groups is 1. The van der Waals surface area contributed by atoms with Crippen molar-refractivity contribution in [1.82, 2.24) is 9.21 Å². The zero-order chi connectivity index (χ0) is 15.9. The summed E-state index contributed by atoms with van der Waals surface area (Å²) >= 11 is 0. The summed E-state index contributed by atoms with van der Waals surface area (Å²) in [6, 6.07) is 0. The molecule has 0 aromatic rings. The summed E-state index contributed by atoms with van der Waals surface area (Å²) in [5, 5.41) is 9.66. The lowest BCUT2D eigenvalue weighted by atomic mass is 9.74. The van der Waals surface area contributed by atoms with Crippen molar-refractivity contribution in [2.24, 2.45) is 11.1 Å². The van der Waals surface area contributed by atoms with E-state index in [1.54, 1.807) is 11.8 Å². The van der Waals surface area contributed by atoms with Crippen molar-refractivity contribution in [3.8, 4) is 0 Å². The van der Waals surface area contributed by atoms with Gasteiger partial charge < -0.3 is 15.7 Å². The number of rotatable bonds is 3. The van der Waals surface area contributed by atoms with Crippen molar-refractivity contribution < 1.29 is 18.3 Å². The number of piperidine rings is 1. The molecule has 0 radical (unpaired) electrons. The van der Waals surface area contributed by atoms with Crippen LogP contribution < -0.4 is 5.73 Å². The molecule has 0 saturated carbocycles. The minimum absolute atomic E-state index is 0.0107. The van der Waals surface area contributed by atoms with Crippen LogP contribution in [0.3, 0.4) is 0 Å². The molecule has 2 rings (SSSR count). The van der Waals surface area contributed by atoms with Gasteiger partial charge in [0, 0.05) is 19.6 Å². The second-order valence-electron chi connectivity index (χ2n) is 6.69. The maximum absolute atomic E-state index is 12.0. The Kier molecular flexibility index (Phi) is 4.36. The number of likely N-dealkylation sites (tertiary alicyclic amines) is 1. The first kappa shape index (κ1) is 16.7. The number of hydrogen-bond donors (Lipinski definition) is 2. The standard InChI is InChI=1S/C13H25N3O4S/c1-12(10-17)8-13(9-16(12)21(2,19)20)3-5-15(6-4-13)11(18)7-14/h17H,3-10,14H2,1-2H3. The van der Waals surface area contributed by atoms with E-state index in [0.717, 1.165) is 12.8 Å². The van der Waals surface area contributed by atoms with E-state index in [4.69, 9.17) is 5.73 Å². The average Bonchev–Trinajstić information content (AvgIpc) is 2.73. The normalized spacial score (nSPS) is 30.0. The third-order valence-electron chi connectivity index (χ3n) is 4.93. The number of amides is 1. The van der Waals surface area contributed by atoms with Crippen LogP contribution in [0, 0.1) is 5.41 Å². The van der Waals surface area contributed by atoms with Crippen molar-refractivity contribution in [3.63, 3.8) is 0 Å². The second kappa shape index (κ2) is 5.49. The molecule has 2 aliphatic rings. The van der Waals surface area contributed by atoms with Gasteiger partial charge in [0.1, 0.15) is 0 Å². The number of hydrogen-bond acceptors (Lipinski definition) is 5. The van der Waals surface area contributed by atoms with Crippen LogP contribution in [0.1, 0.15) is 26.2 Å². The maximum Gasteiger partial charge on any atom is 0.236 e. The van der Waals surface area contributed by atoms with E-state index in [-0.39, 0.29) is 24.5 Å². The number of nitrogens with zero attached hydrogens (tertiary/aromatic N) is 2. The smallest absolute Gasteiger partial charge is 0.236 e. The predicted octanol–water partition coefficient (Wildman–Crippen LogP) is -1.03. The quantitative estimate of drug-likeness (QED) is 0.692. The molecule has 2 fully saturated rings. The summed E-state index contributed by atoms with van der Waals surface area (Å²) < 4.78 is 25.4. The first-order valence-electron chi connectivity index (χ1n) is 7.22. The van der Waals surface area contributed by atoms with Crippen LogP contribution in [-0.4, -0.2) is 73.2 Å². The fraction of sp³-hybridized carbons (Fsp3) is 0.923. The second-order valence-corrected chi connectivity index (χ2v) is 8.59. The van der Waals surface area contributed by atoms with Crippen molar-refractivity contribution in [2.45, 2.75) is 31.7 Å². The number of carbonyl (C=O) groups is 1. The highest BCUT2D eigenvalue weighted by Gasteiger charge is 2.54. The molecular weight excluding hydrogens is 294 g/mol. The zero-order valence-corrected chi connectivity index (χ0v) is 13.5. The minimum Gasteiger partial charge on any atom is -0.394 e. The molecule has 1 amide bonds. The highest BCUT2D eigenvalue weighted by molar-refractivity contribution is 7.88. The van der Waals surface area contributed by atoms with Crippen LogP contribution >= 0.6 is 0 Å². The van der Waals surface area contributed by atoms with Crippen molar-refractivity contribution >= 4 is 15.9 Å². The third kappa shape index (κ3) is 3.08. The Labute approximate surface area is 126 Å². The van der Waals surface area contributed by atoms with Crippen molar-refractivity contribution in [1.29, 1.82) is 0 Å². The molecule has 0 aliphatic carbocycles. The molecule has 122 valence electrons.